The third-order valence-electron chi connectivity index (χ3n) is 6.95. The van der Waals surface area contributed by atoms with Gasteiger partial charge in [0, 0.05) is 19.6 Å². The molecule has 236 valence electrons. The van der Waals surface area contributed by atoms with E-state index in [2.05, 4.69) is 19.2 Å². The molecule has 1 amide bonds. The van der Waals surface area contributed by atoms with Gasteiger partial charge in [0.25, 0.3) is 21.6 Å². The summed E-state index contributed by atoms with van der Waals surface area (Å²) in [5.74, 6) is -2.94. The van der Waals surface area contributed by atoms with E-state index in [1.807, 2.05) is 0 Å². The van der Waals surface area contributed by atoms with Gasteiger partial charge in [-0.05, 0) is 18.8 Å². The van der Waals surface area contributed by atoms with E-state index in [-0.39, 0.29) is 6.42 Å². The Morgan fingerprint density at radius 1 is 0.902 bits per heavy atom. The van der Waals surface area contributed by atoms with Crippen LogP contribution in [0.2, 0.25) is 0 Å². The zero-order chi connectivity index (χ0) is 31.1. The molecule has 0 radical (unpaired) electrons. The predicted octanol–water partition coefficient (Wildman–Crippen LogP) is 6.34. The van der Waals surface area contributed by atoms with Gasteiger partial charge in [0.1, 0.15) is 6.10 Å². The second-order valence-corrected chi connectivity index (χ2v) is 12.4. The number of alkyl halides is 3. The molecule has 1 aromatic carbocycles. The SMILES string of the molecule is CO[C@](C(=O)N[C@@H](CS(=O)(=O)O)C(CCCCCCCCCCCC(C)C)OC(C)=O)(c1ccccc1)C(F)(F)F. The van der Waals surface area contributed by atoms with Crippen LogP contribution in [0.25, 0.3) is 0 Å². The molecule has 1 unspecified atom stereocenters. The summed E-state index contributed by atoms with van der Waals surface area (Å²) in [7, 11) is -4.07. The van der Waals surface area contributed by atoms with Gasteiger partial charge in [-0.2, -0.15) is 21.6 Å². The van der Waals surface area contributed by atoms with Gasteiger partial charge in [-0.15, -0.1) is 0 Å². The highest BCUT2D eigenvalue weighted by Gasteiger charge is 2.63. The molecular formula is C29H46F3NO7S. The molecule has 0 bridgehead atoms. The first-order chi connectivity index (χ1) is 19.1. The molecule has 0 aromatic heterocycles. The number of benzene rings is 1. The van der Waals surface area contributed by atoms with Gasteiger partial charge < -0.3 is 14.8 Å². The number of nitrogens with one attached hydrogen (secondary N) is 1. The van der Waals surface area contributed by atoms with Crippen LogP contribution < -0.4 is 5.32 Å². The Balaban J connectivity index is 2.93. The number of unbranched alkanes of at least 4 members (excludes halogenated alkanes) is 8. The fraction of sp³-hybridized carbons (Fsp3) is 0.724. The van der Waals surface area contributed by atoms with Crippen molar-refractivity contribution in [1.82, 2.24) is 5.32 Å². The monoisotopic (exact) mass is 609 g/mol. The lowest BCUT2D eigenvalue weighted by Crippen LogP contribution is -2.60. The molecule has 0 saturated heterocycles. The summed E-state index contributed by atoms with van der Waals surface area (Å²) in [5, 5.41) is 2.07. The summed E-state index contributed by atoms with van der Waals surface area (Å²) in [5.41, 5.74) is -4.00. The maximum atomic E-state index is 14.3. The van der Waals surface area contributed by atoms with E-state index in [9.17, 15) is 35.7 Å². The Kier molecular flexibility index (Phi) is 15.9. The zero-order valence-electron chi connectivity index (χ0n) is 24.5. The number of carbonyl (C=O) groups excluding carboxylic acids is 2. The Morgan fingerprint density at radius 3 is 1.80 bits per heavy atom. The quantitative estimate of drug-likeness (QED) is 0.101. The number of carbonyl (C=O) groups is 2. The van der Waals surface area contributed by atoms with E-state index in [0.717, 1.165) is 44.7 Å². The summed E-state index contributed by atoms with van der Waals surface area (Å²) in [6.45, 7) is 5.50. The van der Waals surface area contributed by atoms with Gasteiger partial charge in [-0.1, -0.05) is 102 Å². The minimum Gasteiger partial charge on any atom is -0.460 e. The summed E-state index contributed by atoms with van der Waals surface area (Å²) >= 11 is 0. The maximum absolute atomic E-state index is 14.3. The first-order valence-electron chi connectivity index (χ1n) is 14.2. The van der Waals surface area contributed by atoms with Crippen molar-refractivity contribution in [2.75, 3.05) is 12.9 Å². The minimum atomic E-state index is -5.23. The van der Waals surface area contributed by atoms with Crippen LogP contribution >= 0.6 is 0 Å². The number of hydrogen-bond acceptors (Lipinski definition) is 6. The van der Waals surface area contributed by atoms with E-state index < -0.39 is 57.2 Å². The van der Waals surface area contributed by atoms with Crippen LogP contribution in [0.4, 0.5) is 13.2 Å². The highest BCUT2D eigenvalue weighted by Crippen LogP contribution is 2.42. The highest BCUT2D eigenvalue weighted by atomic mass is 32.2. The average molecular weight is 610 g/mol. The molecule has 2 N–H and O–H groups in total. The largest absolute Gasteiger partial charge is 0.460 e. The molecule has 41 heavy (non-hydrogen) atoms. The van der Waals surface area contributed by atoms with Gasteiger partial charge in [0.2, 0.25) is 0 Å². The molecule has 0 aliphatic heterocycles. The molecule has 1 aromatic rings. The fourth-order valence-electron chi connectivity index (χ4n) is 4.85. The molecule has 0 aliphatic rings. The average Bonchev–Trinajstić information content (AvgIpc) is 2.85. The van der Waals surface area contributed by atoms with Crippen molar-refractivity contribution in [2.45, 2.75) is 115 Å². The number of hydrogen-bond donors (Lipinski definition) is 2. The summed E-state index contributed by atoms with van der Waals surface area (Å²) in [6, 6.07) is 4.52. The van der Waals surface area contributed by atoms with Crippen LogP contribution in [-0.2, 0) is 34.8 Å². The highest BCUT2D eigenvalue weighted by molar-refractivity contribution is 7.85. The standard InChI is InChI=1S/C29H46F3NO7S/c1-22(2)17-13-10-8-6-5-7-9-11-16-20-26(40-23(3)34)25(21-41(36,37)38)33-27(35)28(39-4,29(30,31)32)24-18-14-12-15-19-24/h12,14-15,18-19,22,25-26H,5-11,13,16-17,20-21H2,1-4H3,(H,33,35)(H,36,37,38)/t25-,26?,28-/m0/s1. The number of rotatable bonds is 20. The Labute approximate surface area is 242 Å². The molecule has 0 aliphatic carbocycles. The van der Waals surface area contributed by atoms with Crippen molar-refractivity contribution in [1.29, 1.82) is 0 Å². The lowest BCUT2D eigenvalue weighted by atomic mass is 9.91. The molecule has 3 atom stereocenters. The van der Waals surface area contributed by atoms with Crippen LogP contribution in [0.1, 0.15) is 97.0 Å². The molecule has 12 heteroatoms. The van der Waals surface area contributed by atoms with E-state index >= 15 is 0 Å². The molecule has 0 saturated carbocycles. The molecule has 0 fully saturated rings. The van der Waals surface area contributed by atoms with Crippen LogP contribution in [0.5, 0.6) is 0 Å². The van der Waals surface area contributed by atoms with Crippen molar-refractivity contribution in [3.05, 3.63) is 35.9 Å². The van der Waals surface area contributed by atoms with Gasteiger partial charge >= 0.3 is 12.1 Å². The minimum absolute atomic E-state index is 0.0760. The van der Waals surface area contributed by atoms with Crippen LogP contribution in [0.15, 0.2) is 30.3 Å². The van der Waals surface area contributed by atoms with Gasteiger partial charge in [0.05, 0.1) is 11.8 Å². The molecule has 0 spiro atoms. The Morgan fingerprint density at radius 2 is 1.39 bits per heavy atom. The zero-order valence-corrected chi connectivity index (χ0v) is 25.4. The van der Waals surface area contributed by atoms with E-state index in [1.165, 1.54) is 43.9 Å². The van der Waals surface area contributed by atoms with E-state index in [4.69, 9.17) is 9.47 Å². The maximum Gasteiger partial charge on any atom is 0.430 e. The molecule has 8 nitrogen and oxygen atoms in total. The summed E-state index contributed by atoms with van der Waals surface area (Å²) < 4.78 is 86.1. The van der Waals surface area contributed by atoms with Gasteiger partial charge in [-0.25, -0.2) is 0 Å². The van der Waals surface area contributed by atoms with Crippen molar-refractivity contribution in [3.63, 3.8) is 0 Å². The van der Waals surface area contributed by atoms with E-state index in [0.29, 0.717) is 25.9 Å². The van der Waals surface area contributed by atoms with Gasteiger partial charge in [0.15, 0.2) is 0 Å². The second-order valence-electron chi connectivity index (χ2n) is 10.9. The Bertz CT molecular complexity index is 1020. The first kappa shape index (κ1) is 36.8. The van der Waals surface area contributed by atoms with Crippen molar-refractivity contribution >= 4 is 22.0 Å². The van der Waals surface area contributed by atoms with Crippen molar-refractivity contribution < 1.29 is 45.2 Å². The summed E-state index contributed by atoms with van der Waals surface area (Å²) in [6.07, 6.45) is 3.68. The van der Waals surface area contributed by atoms with Crippen LogP contribution in [0.3, 0.4) is 0 Å². The Hall–Kier alpha value is -2.18. The fourth-order valence-corrected chi connectivity index (χ4v) is 5.60. The molecular weight excluding hydrogens is 563 g/mol. The number of halogens is 3. The first-order valence-corrected chi connectivity index (χ1v) is 15.9. The lowest BCUT2D eigenvalue weighted by molar-refractivity contribution is -0.266. The van der Waals surface area contributed by atoms with Gasteiger partial charge in [-0.3, -0.25) is 14.1 Å². The molecule has 1 rings (SSSR count). The van der Waals surface area contributed by atoms with Crippen LogP contribution in [-0.4, -0.2) is 56.0 Å². The van der Waals surface area contributed by atoms with Crippen LogP contribution in [0, 0.1) is 5.92 Å². The summed E-state index contributed by atoms with van der Waals surface area (Å²) in [4.78, 5) is 25.0. The lowest BCUT2D eigenvalue weighted by Gasteiger charge is -2.36. The van der Waals surface area contributed by atoms with E-state index in [1.54, 1.807) is 0 Å². The third kappa shape index (κ3) is 13.1. The number of methoxy groups -OCH3 is 1. The number of esters is 1. The number of amides is 1. The third-order valence-corrected chi connectivity index (χ3v) is 7.73. The second kappa shape index (κ2) is 17.7. The topological polar surface area (TPSA) is 119 Å². The predicted molar refractivity (Wildman–Crippen MR) is 151 cm³/mol. The van der Waals surface area contributed by atoms with Crippen molar-refractivity contribution in [2.24, 2.45) is 5.92 Å². The van der Waals surface area contributed by atoms with Crippen molar-refractivity contribution in [3.8, 4) is 0 Å². The normalized spacial score (nSPS) is 15.2. The smallest absolute Gasteiger partial charge is 0.430 e. The molecule has 0 heterocycles. The number of ether oxygens (including phenoxy) is 2.